The van der Waals surface area contributed by atoms with Crippen molar-refractivity contribution in [2.45, 2.75) is 108 Å². The van der Waals surface area contributed by atoms with Gasteiger partial charge in [-0.3, -0.25) is 5.32 Å². The first-order chi connectivity index (χ1) is 11.5. The summed E-state index contributed by atoms with van der Waals surface area (Å²) in [6, 6.07) is 0.302. The number of alkyl halides is 2. The summed E-state index contributed by atoms with van der Waals surface area (Å²) in [6.07, 6.45) is 12.0. The highest BCUT2D eigenvalue weighted by Crippen LogP contribution is 2.51. The standard InChI is InChI=1S/C20H40Cl2N2/c1-5-9-11-19(12-10-6-2)15-17(23-13-7-3)18(21)20(22,16-19)24-14-8-4/h17-18,23-24H,5-16H2,1-4H3. The van der Waals surface area contributed by atoms with Crippen LogP contribution in [0.25, 0.3) is 0 Å². The summed E-state index contributed by atoms with van der Waals surface area (Å²) in [4.78, 5) is -0.483. The van der Waals surface area contributed by atoms with Crippen LogP contribution in [0.1, 0.15) is 91.9 Å². The summed E-state index contributed by atoms with van der Waals surface area (Å²) < 4.78 is 0. The molecular formula is C20H40Cl2N2. The van der Waals surface area contributed by atoms with E-state index in [0.29, 0.717) is 11.5 Å². The van der Waals surface area contributed by atoms with Crippen LogP contribution < -0.4 is 10.6 Å². The number of rotatable bonds is 12. The van der Waals surface area contributed by atoms with Crippen molar-refractivity contribution in [3.8, 4) is 0 Å². The Bertz CT molecular complexity index is 330. The summed E-state index contributed by atoms with van der Waals surface area (Å²) in [5.74, 6) is 0. The molecule has 1 fully saturated rings. The van der Waals surface area contributed by atoms with E-state index in [1.807, 2.05) is 0 Å². The molecular weight excluding hydrogens is 339 g/mol. The molecule has 0 saturated heterocycles. The molecule has 0 aromatic rings. The summed E-state index contributed by atoms with van der Waals surface area (Å²) in [7, 11) is 0. The van der Waals surface area contributed by atoms with Crippen molar-refractivity contribution in [2.24, 2.45) is 5.41 Å². The monoisotopic (exact) mass is 378 g/mol. The average Bonchev–Trinajstić information content (AvgIpc) is 2.58. The third kappa shape index (κ3) is 6.34. The lowest BCUT2D eigenvalue weighted by atomic mass is 9.64. The highest BCUT2D eigenvalue weighted by molar-refractivity contribution is 6.32. The van der Waals surface area contributed by atoms with Crippen molar-refractivity contribution >= 4 is 23.2 Å². The van der Waals surface area contributed by atoms with Crippen LogP contribution in [-0.4, -0.2) is 29.5 Å². The minimum absolute atomic E-state index is 0.0614. The Balaban J connectivity index is 3.01. The lowest BCUT2D eigenvalue weighted by Gasteiger charge is -2.52. The van der Waals surface area contributed by atoms with E-state index in [4.69, 9.17) is 23.2 Å². The molecule has 0 spiro atoms. The Labute approximate surface area is 160 Å². The highest BCUT2D eigenvalue weighted by atomic mass is 35.5. The number of hydrogen-bond acceptors (Lipinski definition) is 2. The molecule has 24 heavy (non-hydrogen) atoms. The van der Waals surface area contributed by atoms with Crippen molar-refractivity contribution in [2.75, 3.05) is 13.1 Å². The van der Waals surface area contributed by atoms with E-state index in [-0.39, 0.29) is 5.38 Å². The molecule has 3 unspecified atom stereocenters. The van der Waals surface area contributed by atoms with Gasteiger partial charge in [0, 0.05) is 6.04 Å². The van der Waals surface area contributed by atoms with Gasteiger partial charge in [0.25, 0.3) is 0 Å². The smallest absolute Gasteiger partial charge is 0.112 e. The molecule has 0 aromatic carbocycles. The van der Waals surface area contributed by atoms with Crippen molar-refractivity contribution < 1.29 is 0 Å². The second kappa shape index (κ2) is 11.3. The molecule has 1 rings (SSSR count). The maximum Gasteiger partial charge on any atom is 0.112 e. The third-order valence-electron chi connectivity index (χ3n) is 5.52. The minimum Gasteiger partial charge on any atom is -0.312 e. The van der Waals surface area contributed by atoms with Crippen LogP contribution in [0.5, 0.6) is 0 Å². The second-order valence-corrected chi connectivity index (χ2v) is 8.98. The summed E-state index contributed by atoms with van der Waals surface area (Å²) >= 11 is 14.0. The summed E-state index contributed by atoms with van der Waals surface area (Å²) in [6.45, 7) is 10.9. The largest absolute Gasteiger partial charge is 0.312 e. The van der Waals surface area contributed by atoms with Gasteiger partial charge in [-0.2, -0.15) is 0 Å². The molecule has 1 aliphatic carbocycles. The van der Waals surface area contributed by atoms with Crippen molar-refractivity contribution in [1.82, 2.24) is 10.6 Å². The molecule has 0 aliphatic heterocycles. The zero-order valence-electron chi connectivity index (χ0n) is 16.4. The van der Waals surface area contributed by atoms with Crippen molar-refractivity contribution in [1.29, 1.82) is 0 Å². The molecule has 0 heterocycles. The number of hydrogen-bond donors (Lipinski definition) is 2. The maximum atomic E-state index is 7.14. The number of nitrogens with one attached hydrogen (secondary N) is 2. The van der Waals surface area contributed by atoms with Gasteiger partial charge >= 0.3 is 0 Å². The van der Waals surface area contributed by atoms with Gasteiger partial charge in [-0.15, -0.1) is 23.2 Å². The molecule has 0 bridgehead atoms. The third-order valence-corrected chi connectivity index (χ3v) is 6.81. The second-order valence-electron chi connectivity index (χ2n) is 7.84. The predicted octanol–water partition coefficient (Wildman–Crippen LogP) is 6.06. The quantitative estimate of drug-likeness (QED) is 0.318. The number of halogens is 2. The van der Waals surface area contributed by atoms with E-state index in [0.717, 1.165) is 32.4 Å². The van der Waals surface area contributed by atoms with E-state index < -0.39 is 5.00 Å². The summed E-state index contributed by atoms with van der Waals surface area (Å²) in [5, 5.41) is 7.25. The van der Waals surface area contributed by atoms with Gasteiger partial charge in [0.05, 0.1) is 5.38 Å². The van der Waals surface area contributed by atoms with Gasteiger partial charge in [-0.05, 0) is 57.0 Å². The van der Waals surface area contributed by atoms with Crippen molar-refractivity contribution in [3.63, 3.8) is 0 Å². The Morgan fingerprint density at radius 3 is 2.00 bits per heavy atom. The van der Waals surface area contributed by atoms with Crippen molar-refractivity contribution in [3.05, 3.63) is 0 Å². The first-order valence-electron chi connectivity index (χ1n) is 10.3. The van der Waals surface area contributed by atoms with E-state index in [2.05, 4.69) is 38.3 Å². The maximum absolute atomic E-state index is 7.14. The summed E-state index contributed by atoms with van der Waals surface area (Å²) in [5.41, 5.74) is 0.325. The lowest BCUT2D eigenvalue weighted by molar-refractivity contribution is 0.0839. The minimum atomic E-state index is -0.483. The molecule has 0 radical (unpaired) electrons. The average molecular weight is 379 g/mol. The molecule has 1 saturated carbocycles. The van der Waals surface area contributed by atoms with E-state index >= 15 is 0 Å². The zero-order valence-corrected chi connectivity index (χ0v) is 17.9. The van der Waals surface area contributed by atoms with Gasteiger partial charge in [-0.25, -0.2) is 0 Å². The van der Waals surface area contributed by atoms with Crippen LogP contribution in [0.4, 0.5) is 0 Å². The van der Waals surface area contributed by atoms with E-state index in [1.165, 1.54) is 44.9 Å². The number of unbranched alkanes of at least 4 members (excludes halogenated alkanes) is 2. The Morgan fingerprint density at radius 2 is 1.50 bits per heavy atom. The Morgan fingerprint density at radius 1 is 0.917 bits per heavy atom. The van der Waals surface area contributed by atoms with Gasteiger partial charge < -0.3 is 5.32 Å². The van der Waals surface area contributed by atoms with Crippen LogP contribution in [0.3, 0.4) is 0 Å². The van der Waals surface area contributed by atoms with Gasteiger partial charge in [0.15, 0.2) is 0 Å². The fourth-order valence-corrected chi connectivity index (χ4v) is 5.07. The molecule has 1 aliphatic rings. The SMILES string of the molecule is CCCCC1(CCCC)CC(NCCC)C(Cl)C(Cl)(NCCC)C1. The van der Waals surface area contributed by atoms with Crippen LogP contribution >= 0.6 is 23.2 Å². The first kappa shape index (κ1) is 22.5. The van der Waals surface area contributed by atoms with Crippen LogP contribution in [-0.2, 0) is 0 Å². The Kier molecular flexibility index (Phi) is 10.6. The van der Waals surface area contributed by atoms with E-state index in [9.17, 15) is 0 Å². The Hall–Kier alpha value is 0.500. The fourth-order valence-electron chi connectivity index (χ4n) is 4.21. The van der Waals surface area contributed by atoms with Gasteiger partial charge in [0.2, 0.25) is 0 Å². The molecule has 0 aromatic heterocycles. The lowest BCUT2D eigenvalue weighted by Crippen LogP contribution is -2.63. The normalized spacial score (nSPS) is 29.8. The molecule has 2 N–H and O–H groups in total. The van der Waals surface area contributed by atoms with Crippen LogP contribution in [0.15, 0.2) is 0 Å². The first-order valence-corrected chi connectivity index (χ1v) is 11.1. The molecule has 2 nitrogen and oxygen atoms in total. The molecule has 0 amide bonds. The molecule has 3 atom stereocenters. The molecule has 144 valence electrons. The van der Waals surface area contributed by atoms with Gasteiger partial charge in [0.1, 0.15) is 5.00 Å². The fraction of sp³-hybridized carbons (Fsp3) is 1.00. The zero-order chi connectivity index (χ0) is 18.1. The van der Waals surface area contributed by atoms with Crippen LogP contribution in [0.2, 0.25) is 0 Å². The predicted molar refractivity (Wildman–Crippen MR) is 109 cm³/mol. The molecule has 4 heteroatoms. The topological polar surface area (TPSA) is 24.1 Å². The van der Waals surface area contributed by atoms with Gasteiger partial charge in [-0.1, -0.05) is 53.4 Å². The van der Waals surface area contributed by atoms with E-state index in [1.54, 1.807) is 0 Å². The van der Waals surface area contributed by atoms with Crippen LogP contribution in [0, 0.1) is 5.41 Å². The highest BCUT2D eigenvalue weighted by Gasteiger charge is 2.52.